The van der Waals surface area contributed by atoms with Crippen molar-refractivity contribution in [1.82, 2.24) is 0 Å². The SMILES string of the molecule is CC/C=C/CCC[C@H]1CC[C@H]([C@H]2CC[C@H](c3cc(F)c(OC(F)(F)F)c(F)c3)CC2)CC1. The van der Waals surface area contributed by atoms with Crippen molar-refractivity contribution in [2.75, 3.05) is 0 Å². The number of benzene rings is 1. The van der Waals surface area contributed by atoms with E-state index in [1.54, 1.807) is 0 Å². The minimum Gasteiger partial charge on any atom is -0.399 e. The van der Waals surface area contributed by atoms with Gasteiger partial charge in [-0.3, -0.25) is 0 Å². The van der Waals surface area contributed by atoms with Crippen molar-refractivity contribution in [3.63, 3.8) is 0 Å². The Morgan fingerprint density at radius 3 is 1.97 bits per heavy atom. The van der Waals surface area contributed by atoms with Gasteiger partial charge >= 0.3 is 6.36 Å². The molecule has 1 nitrogen and oxygen atoms in total. The third-order valence-corrected chi connectivity index (χ3v) is 7.43. The smallest absolute Gasteiger partial charge is 0.399 e. The van der Waals surface area contributed by atoms with Gasteiger partial charge in [0.2, 0.25) is 5.75 Å². The van der Waals surface area contributed by atoms with Crippen molar-refractivity contribution in [3.05, 3.63) is 41.5 Å². The van der Waals surface area contributed by atoms with Crippen molar-refractivity contribution in [2.24, 2.45) is 17.8 Å². The molecule has 1 aromatic rings. The maximum Gasteiger partial charge on any atom is 0.573 e. The molecule has 180 valence electrons. The highest BCUT2D eigenvalue weighted by Gasteiger charge is 2.35. The number of unbranched alkanes of at least 4 members (excludes halogenated alkanes) is 1. The highest BCUT2D eigenvalue weighted by Crippen LogP contribution is 2.45. The van der Waals surface area contributed by atoms with E-state index >= 15 is 0 Å². The van der Waals surface area contributed by atoms with Crippen LogP contribution in [0.1, 0.15) is 95.5 Å². The lowest BCUT2D eigenvalue weighted by Crippen LogP contribution is -2.25. The fourth-order valence-corrected chi connectivity index (χ4v) is 5.71. The van der Waals surface area contributed by atoms with E-state index in [9.17, 15) is 22.0 Å². The van der Waals surface area contributed by atoms with Gasteiger partial charge in [0, 0.05) is 0 Å². The van der Waals surface area contributed by atoms with Gasteiger partial charge in [-0.15, -0.1) is 13.2 Å². The fraction of sp³-hybridized carbons (Fsp3) is 0.692. The summed E-state index contributed by atoms with van der Waals surface area (Å²) in [5.41, 5.74) is 0.439. The molecule has 2 saturated carbocycles. The normalized spacial score (nSPS) is 27.1. The van der Waals surface area contributed by atoms with Crippen LogP contribution in [-0.2, 0) is 0 Å². The number of halogens is 5. The van der Waals surface area contributed by atoms with E-state index in [2.05, 4.69) is 23.8 Å². The molecular weight excluding hydrogens is 423 g/mol. The first-order valence-electron chi connectivity index (χ1n) is 12.2. The second kappa shape index (κ2) is 11.5. The van der Waals surface area contributed by atoms with E-state index in [1.165, 1.54) is 44.9 Å². The van der Waals surface area contributed by atoms with Gasteiger partial charge in [-0.2, -0.15) is 0 Å². The van der Waals surface area contributed by atoms with Gasteiger partial charge in [-0.05, 0) is 99.2 Å². The van der Waals surface area contributed by atoms with Gasteiger partial charge in [0.1, 0.15) is 0 Å². The van der Waals surface area contributed by atoms with Crippen LogP contribution in [0.15, 0.2) is 24.3 Å². The van der Waals surface area contributed by atoms with E-state index in [0.29, 0.717) is 11.5 Å². The quantitative estimate of drug-likeness (QED) is 0.214. The zero-order valence-corrected chi connectivity index (χ0v) is 18.9. The minimum atomic E-state index is -5.12. The summed E-state index contributed by atoms with van der Waals surface area (Å²) in [6.45, 7) is 2.16. The average Bonchev–Trinajstić information content (AvgIpc) is 2.76. The first kappa shape index (κ1) is 25.0. The molecule has 0 aliphatic heterocycles. The molecule has 0 radical (unpaired) electrons. The molecule has 2 aliphatic carbocycles. The van der Waals surface area contributed by atoms with Crippen LogP contribution in [-0.4, -0.2) is 6.36 Å². The maximum atomic E-state index is 14.1. The number of ether oxygens (including phenoxy) is 1. The average molecular weight is 459 g/mol. The predicted molar refractivity (Wildman–Crippen MR) is 116 cm³/mol. The molecule has 0 bridgehead atoms. The molecule has 6 heteroatoms. The van der Waals surface area contributed by atoms with E-state index in [1.807, 2.05) is 0 Å². The van der Waals surface area contributed by atoms with Crippen LogP contribution < -0.4 is 4.74 Å². The molecule has 0 atom stereocenters. The Morgan fingerprint density at radius 1 is 0.875 bits per heavy atom. The van der Waals surface area contributed by atoms with Crippen LogP contribution in [0.5, 0.6) is 5.75 Å². The third-order valence-electron chi connectivity index (χ3n) is 7.43. The van der Waals surface area contributed by atoms with Crippen molar-refractivity contribution < 1.29 is 26.7 Å². The minimum absolute atomic E-state index is 0.0114. The summed E-state index contributed by atoms with van der Waals surface area (Å²) in [6, 6.07) is 2.02. The van der Waals surface area contributed by atoms with Gasteiger partial charge in [0.25, 0.3) is 0 Å². The lowest BCUT2D eigenvalue weighted by Gasteiger charge is -2.38. The van der Waals surface area contributed by atoms with Gasteiger partial charge in [-0.25, -0.2) is 8.78 Å². The molecular formula is C26H35F5O. The fourth-order valence-electron chi connectivity index (χ4n) is 5.71. The summed E-state index contributed by atoms with van der Waals surface area (Å²) in [4.78, 5) is 0. The predicted octanol–water partition coefficient (Wildman–Crippen LogP) is 9.08. The summed E-state index contributed by atoms with van der Waals surface area (Å²) >= 11 is 0. The Labute approximate surface area is 188 Å². The molecule has 0 saturated heterocycles. The first-order valence-corrected chi connectivity index (χ1v) is 12.2. The molecule has 0 amide bonds. The van der Waals surface area contributed by atoms with Crippen LogP contribution in [0.2, 0.25) is 0 Å². The Morgan fingerprint density at radius 2 is 1.44 bits per heavy atom. The number of hydrogen-bond acceptors (Lipinski definition) is 1. The number of hydrogen-bond donors (Lipinski definition) is 0. The van der Waals surface area contributed by atoms with Crippen molar-refractivity contribution >= 4 is 0 Å². The molecule has 0 aromatic heterocycles. The van der Waals surface area contributed by atoms with Crippen molar-refractivity contribution in [3.8, 4) is 5.75 Å². The molecule has 0 heterocycles. The van der Waals surface area contributed by atoms with Crippen molar-refractivity contribution in [1.29, 1.82) is 0 Å². The molecule has 1 aromatic carbocycles. The first-order chi connectivity index (χ1) is 15.3. The summed E-state index contributed by atoms with van der Waals surface area (Å²) in [5.74, 6) is -1.71. The number of alkyl halides is 3. The van der Waals surface area contributed by atoms with Crippen LogP contribution in [0.25, 0.3) is 0 Å². The van der Waals surface area contributed by atoms with Crippen LogP contribution >= 0.6 is 0 Å². The Hall–Kier alpha value is -1.59. The van der Waals surface area contributed by atoms with Crippen LogP contribution in [0.4, 0.5) is 22.0 Å². The Bertz CT molecular complexity index is 718. The Kier molecular flexibility index (Phi) is 9.01. The lowest BCUT2D eigenvalue weighted by molar-refractivity contribution is -0.276. The monoisotopic (exact) mass is 458 g/mol. The third kappa shape index (κ3) is 7.21. The van der Waals surface area contributed by atoms with E-state index in [0.717, 1.165) is 56.1 Å². The summed E-state index contributed by atoms with van der Waals surface area (Å²) in [5, 5.41) is 0. The summed E-state index contributed by atoms with van der Waals surface area (Å²) in [6.07, 6.45) is 13.1. The van der Waals surface area contributed by atoms with Gasteiger partial charge in [0.15, 0.2) is 11.6 Å². The topological polar surface area (TPSA) is 9.23 Å². The molecule has 0 unspecified atom stereocenters. The van der Waals surface area contributed by atoms with Crippen molar-refractivity contribution in [2.45, 2.75) is 96.3 Å². The highest BCUT2D eigenvalue weighted by atomic mass is 19.4. The van der Waals surface area contributed by atoms with Crippen LogP contribution in [0, 0.1) is 29.4 Å². The van der Waals surface area contributed by atoms with Gasteiger partial charge in [-0.1, -0.05) is 38.3 Å². The highest BCUT2D eigenvalue weighted by molar-refractivity contribution is 5.33. The second-order valence-electron chi connectivity index (χ2n) is 9.56. The van der Waals surface area contributed by atoms with Crippen LogP contribution in [0.3, 0.4) is 0 Å². The molecule has 2 fully saturated rings. The number of allylic oxidation sites excluding steroid dienone is 2. The van der Waals surface area contributed by atoms with E-state index < -0.39 is 23.7 Å². The molecule has 0 spiro atoms. The second-order valence-corrected chi connectivity index (χ2v) is 9.56. The number of rotatable bonds is 8. The molecule has 0 N–H and O–H groups in total. The van der Waals surface area contributed by atoms with Gasteiger partial charge < -0.3 is 4.74 Å². The zero-order valence-electron chi connectivity index (χ0n) is 18.9. The molecule has 32 heavy (non-hydrogen) atoms. The summed E-state index contributed by atoms with van der Waals surface area (Å²) < 4.78 is 68.7. The maximum absolute atomic E-state index is 14.1. The van der Waals surface area contributed by atoms with Gasteiger partial charge in [0.05, 0.1) is 0 Å². The standard InChI is InChI=1S/C26H35F5O/c1-2-3-4-5-6-7-18-8-10-19(11-9-18)20-12-14-21(15-13-20)22-16-23(27)25(24(28)17-22)32-26(29,30)31/h3-4,16-21H,2,5-15H2,1H3/b4-3+/t18-,19-,20-,21-. The van der Waals surface area contributed by atoms with E-state index in [-0.39, 0.29) is 5.92 Å². The lowest BCUT2D eigenvalue weighted by atomic mass is 9.68. The van der Waals surface area contributed by atoms with E-state index in [4.69, 9.17) is 0 Å². The molecule has 2 aliphatic rings. The molecule has 3 rings (SSSR count). The summed E-state index contributed by atoms with van der Waals surface area (Å²) in [7, 11) is 0. The zero-order chi connectivity index (χ0) is 23.1. The largest absolute Gasteiger partial charge is 0.573 e. The Balaban J connectivity index is 1.45.